The van der Waals surface area contributed by atoms with Gasteiger partial charge in [0.1, 0.15) is 17.0 Å². The van der Waals surface area contributed by atoms with Crippen LogP contribution in [0.2, 0.25) is 0 Å². The minimum absolute atomic E-state index is 0.171. The van der Waals surface area contributed by atoms with Gasteiger partial charge in [0.25, 0.3) is 0 Å². The number of nitriles is 1. The van der Waals surface area contributed by atoms with Crippen LogP contribution < -0.4 is 0 Å². The molecule has 1 aliphatic carbocycles. The molecule has 1 aliphatic rings. The molecule has 0 heterocycles. The highest BCUT2D eigenvalue weighted by atomic mass is 19.1. The van der Waals surface area contributed by atoms with E-state index in [1.165, 1.54) is 6.07 Å². The van der Waals surface area contributed by atoms with Crippen LogP contribution in [0.3, 0.4) is 0 Å². The molecule has 0 spiro atoms. The van der Waals surface area contributed by atoms with E-state index in [9.17, 15) is 18.8 Å². The number of carbonyl (C=O) groups is 1. The van der Waals surface area contributed by atoms with Crippen LogP contribution in [-0.2, 0) is 11.2 Å². The maximum Gasteiger partial charge on any atom is 0.158 e. The van der Waals surface area contributed by atoms with Gasteiger partial charge in [0.05, 0.1) is 6.07 Å². The van der Waals surface area contributed by atoms with Gasteiger partial charge in [-0.15, -0.1) is 0 Å². The zero-order chi connectivity index (χ0) is 14.3. The third kappa shape index (κ3) is 2.14. The number of rotatable bonds is 2. The average molecular weight is 263 g/mol. The first-order chi connectivity index (χ1) is 8.82. The molecule has 1 fully saturated rings. The van der Waals surface area contributed by atoms with Crippen LogP contribution in [0.4, 0.5) is 8.78 Å². The third-order valence-corrected chi connectivity index (χ3v) is 3.98. The molecule has 1 atom stereocenters. The molecule has 100 valence electrons. The Morgan fingerprint density at radius 2 is 1.84 bits per heavy atom. The van der Waals surface area contributed by atoms with Crippen LogP contribution in [-0.4, -0.2) is 5.78 Å². The molecule has 2 rings (SSSR count). The number of benzene rings is 1. The number of hydrogen-bond donors (Lipinski definition) is 0. The topological polar surface area (TPSA) is 40.9 Å². The summed E-state index contributed by atoms with van der Waals surface area (Å²) < 4.78 is 27.3. The maximum atomic E-state index is 13.7. The van der Waals surface area contributed by atoms with Gasteiger partial charge in [-0.05, 0) is 25.0 Å². The molecule has 0 amide bonds. The van der Waals surface area contributed by atoms with Crippen LogP contribution >= 0.6 is 0 Å². The van der Waals surface area contributed by atoms with E-state index in [2.05, 4.69) is 0 Å². The predicted molar refractivity (Wildman–Crippen MR) is 66.1 cm³/mol. The highest BCUT2D eigenvalue weighted by Crippen LogP contribution is 2.47. The van der Waals surface area contributed by atoms with Crippen molar-refractivity contribution in [2.75, 3.05) is 0 Å². The van der Waals surface area contributed by atoms with Crippen LogP contribution in [0.25, 0.3) is 0 Å². The summed E-state index contributed by atoms with van der Waals surface area (Å²) in [6.07, 6.45) is 0.725. The summed E-state index contributed by atoms with van der Waals surface area (Å²) in [6, 6.07) is 5.57. The van der Waals surface area contributed by atoms with Crippen molar-refractivity contribution >= 4 is 5.78 Å². The first kappa shape index (κ1) is 13.7. The fourth-order valence-electron chi connectivity index (χ4n) is 2.72. The largest absolute Gasteiger partial charge is 0.297 e. The summed E-state index contributed by atoms with van der Waals surface area (Å²) in [5.41, 5.74) is -2.07. The van der Waals surface area contributed by atoms with Crippen LogP contribution in [0.15, 0.2) is 18.2 Å². The fraction of sp³-hybridized carbons (Fsp3) is 0.467. The second-order valence-corrected chi connectivity index (χ2v) is 5.78. The van der Waals surface area contributed by atoms with Crippen LogP contribution in [0.1, 0.15) is 32.3 Å². The van der Waals surface area contributed by atoms with Crippen molar-refractivity contribution in [2.24, 2.45) is 10.8 Å². The lowest BCUT2D eigenvalue weighted by Gasteiger charge is -2.22. The van der Waals surface area contributed by atoms with E-state index in [4.69, 9.17) is 0 Å². The van der Waals surface area contributed by atoms with Crippen molar-refractivity contribution < 1.29 is 13.6 Å². The molecule has 2 nitrogen and oxygen atoms in total. The smallest absolute Gasteiger partial charge is 0.158 e. The van der Waals surface area contributed by atoms with Gasteiger partial charge in [-0.3, -0.25) is 4.79 Å². The fourth-order valence-corrected chi connectivity index (χ4v) is 2.72. The van der Waals surface area contributed by atoms with Crippen molar-refractivity contribution in [3.63, 3.8) is 0 Å². The Balaban J connectivity index is 2.42. The number of halogens is 2. The third-order valence-electron chi connectivity index (χ3n) is 3.98. The van der Waals surface area contributed by atoms with Crippen LogP contribution in [0, 0.1) is 33.8 Å². The summed E-state index contributed by atoms with van der Waals surface area (Å²) in [7, 11) is 0. The number of Topliss-reactive ketones (excluding diaryl/α,β-unsaturated/α-hetero) is 1. The van der Waals surface area contributed by atoms with E-state index in [0.717, 1.165) is 12.1 Å². The lowest BCUT2D eigenvalue weighted by Crippen LogP contribution is -2.33. The van der Waals surface area contributed by atoms with Crippen molar-refractivity contribution in [3.8, 4) is 6.07 Å². The van der Waals surface area contributed by atoms with Crippen molar-refractivity contribution in [1.82, 2.24) is 0 Å². The minimum atomic E-state index is -1.30. The summed E-state index contributed by atoms with van der Waals surface area (Å²) in [5.74, 6) is -1.62. The van der Waals surface area contributed by atoms with Crippen molar-refractivity contribution in [1.29, 1.82) is 5.26 Å². The summed E-state index contributed by atoms with van der Waals surface area (Å²) >= 11 is 0. The highest BCUT2D eigenvalue weighted by Gasteiger charge is 2.52. The second-order valence-electron chi connectivity index (χ2n) is 5.78. The Hall–Kier alpha value is -1.76. The van der Waals surface area contributed by atoms with Gasteiger partial charge < -0.3 is 0 Å². The highest BCUT2D eigenvalue weighted by molar-refractivity contribution is 5.94. The Morgan fingerprint density at radius 1 is 1.26 bits per heavy atom. The molecule has 1 aromatic rings. The molecule has 1 saturated carbocycles. The average Bonchev–Trinajstić information content (AvgIpc) is 2.59. The normalized spacial score (nSPS) is 25.3. The molecular weight excluding hydrogens is 248 g/mol. The molecule has 19 heavy (non-hydrogen) atoms. The maximum absolute atomic E-state index is 13.7. The van der Waals surface area contributed by atoms with Crippen molar-refractivity contribution in [2.45, 2.75) is 33.1 Å². The SMILES string of the molecule is CC1(C)CCC(C#N)(Cc2c(F)cccc2F)C1=O. The zero-order valence-electron chi connectivity index (χ0n) is 11.0. The Kier molecular flexibility index (Phi) is 3.17. The van der Waals surface area contributed by atoms with E-state index in [0.29, 0.717) is 12.8 Å². The first-order valence-electron chi connectivity index (χ1n) is 6.21. The Bertz CT molecular complexity index is 554. The van der Waals surface area contributed by atoms with Gasteiger partial charge >= 0.3 is 0 Å². The first-order valence-corrected chi connectivity index (χ1v) is 6.21. The molecule has 4 heteroatoms. The minimum Gasteiger partial charge on any atom is -0.297 e. The van der Waals surface area contributed by atoms with E-state index in [1.54, 1.807) is 13.8 Å². The monoisotopic (exact) mass is 263 g/mol. The van der Waals surface area contributed by atoms with Gasteiger partial charge in [0.2, 0.25) is 0 Å². The molecule has 0 aliphatic heterocycles. The number of carbonyl (C=O) groups excluding carboxylic acids is 1. The summed E-state index contributed by atoms with van der Waals surface area (Å²) in [5, 5.41) is 9.35. The molecule has 0 bridgehead atoms. The van der Waals surface area contributed by atoms with Gasteiger partial charge in [0, 0.05) is 17.4 Å². The predicted octanol–water partition coefficient (Wildman–Crippen LogP) is 3.41. The zero-order valence-corrected chi connectivity index (χ0v) is 11.0. The van der Waals surface area contributed by atoms with Gasteiger partial charge in [-0.1, -0.05) is 19.9 Å². The quantitative estimate of drug-likeness (QED) is 0.820. The molecule has 0 saturated heterocycles. The molecule has 1 aromatic carbocycles. The van der Waals surface area contributed by atoms with Crippen LogP contribution in [0.5, 0.6) is 0 Å². The summed E-state index contributed by atoms with van der Waals surface area (Å²) in [6.45, 7) is 3.54. The van der Waals surface area contributed by atoms with E-state index in [-0.39, 0.29) is 17.8 Å². The standard InChI is InChI=1S/C15H15F2NO/c1-14(2)6-7-15(9-18,13(14)19)8-10-11(16)4-3-5-12(10)17/h3-5H,6-8H2,1-2H3. The van der Waals surface area contributed by atoms with Gasteiger partial charge in [-0.2, -0.15) is 5.26 Å². The lowest BCUT2D eigenvalue weighted by atomic mass is 9.76. The molecule has 0 aromatic heterocycles. The second kappa shape index (κ2) is 4.41. The van der Waals surface area contributed by atoms with E-state index in [1.807, 2.05) is 6.07 Å². The van der Waals surface area contributed by atoms with Gasteiger partial charge in [0.15, 0.2) is 5.78 Å². The van der Waals surface area contributed by atoms with Gasteiger partial charge in [-0.25, -0.2) is 8.78 Å². The summed E-state index contributed by atoms with van der Waals surface area (Å²) in [4.78, 5) is 12.3. The molecule has 1 unspecified atom stereocenters. The van der Waals surface area contributed by atoms with E-state index >= 15 is 0 Å². The number of ketones is 1. The molecular formula is C15H15F2NO. The number of hydrogen-bond acceptors (Lipinski definition) is 2. The Morgan fingerprint density at radius 3 is 2.26 bits per heavy atom. The molecule has 0 N–H and O–H groups in total. The van der Waals surface area contributed by atoms with E-state index < -0.39 is 22.5 Å². The van der Waals surface area contributed by atoms with Crippen molar-refractivity contribution in [3.05, 3.63) is 35.4 Å². The lowest BCUT2D eigenvalue weighted by molar-refractivity contribution is -0.130. The number of nitrogens with zero attached hydrogens (tertiary/aromatic N) is 1. The Labute approximate surface area is 111 Å². The molecule has 0 radical (unpaired) electrons.